The lowest BCUT2D eigenvalue weighted by Crippen LogP contribution is -2.41. The van der Waals surface area contributed by atoms with Crippen LogP contribution in [0.5, 0.6) is 0 Å². The molecule has 0 spiro atoms. The molecule has 1 saturated heterocycles. The van der Waals surface area contributed by atoms with Gasteiger partial charge >= 0.3 is 0 Å². The van der Waals surface area contributed by atoms with E-state index in [0.717, 1.165) is 19.6 Å². The molecular formula is C12H26N2O. The zero-order valence-corrected chi connectivity index (χ0v) is 10.2. The van der Waals surface area contributed by atoms with Crippen molar-refractivity contribution in [3.05, 3.63) is 0 Å². The van der Waals surface area contributed by atoms with Crippen LogP contribution in [0, 0.1) is 0 Å². The molecule has 90 valence electrons. The van der Waals surface area contributed by atoms with Crippen molar-refractivity contribution in [3.63, 3.8) is 0 Å². The summed E-state index contributed by atoms with van der Waals surface area (Å²) in [6.45, 7) is 8.30. The highest BCUT2D eigenvalue weighted by Crippen LogP contribution is 2.08. The number of hydrogen-bond acceptors (Lipinski definition) is 3. The molecule has 0 bridgehead atoms. The number of unbranched alkanes of at least 4 members (excludes halogenated alkanes) is 1. The Labute approximate surface area is 93.9 Å². The van der Waals surface area contributed by atoms with Gasteiger partial charge in [-0.15, -0.1) is 0 Å². The van der Waals surface area contributed by atoms with Crippen LogP contribution in [0.4, 0.5) is 0 Å². The molecule has 1 aliphatic heterocycles. The van der Waals surface area contributed by atoms with Crippen LogP contribution in [0.25, 0.3) is 0 Å². The van der Waals surface area contributed by atoms with Gasteiger partial charge in [0.15, 0.2) is 0 Å². The molecule has 0 aromatic rings. The van der Waals surface area contributed by atoms with Crippen LogP contribution in [0.15, 0.2) is 0 Å². The van der Waals surface area contributed by atoms with Gasteiger partial charge in [0.2, 0.25) is 0 Å². The third-order valence-corrected chi connectivity index (χ3v) is 2.99. The molecule has 1 aliphatic rings. The first kappa shape index (κ1) is 12.9. The smallest absolute Gasteiger partial charge is 0.0639 e. The molecular weight excluding hydrogens is 188 g/mol. The van der Waals surface area contributed by atoms with Crippen molar-refractivity contribution in [1.82, 2.24) is 10.2 Å². The Morgan fingerprint density at radius 3 is 2.87 bits per heavy atom. The zero-order chi connectivity index (χ0) is 11.1. The van der Waals surface area contributed by atoms with Crippen LogP contribution < -0.4 is 5.32 Å². The van der Waals surface area contributed by atoms with Crippen molar-refractivity contribution in [2.24, 2.45) is 0 Å². The highest BCUT2D eigenvalue weighted by atomic mass is 16.3. The Balaban J connectivity index is 2.26. The molecule has 15 heavy (non-hydrogen) atoms. The molecule has 0 amide bonds. The van der Waals surface area contributed by atoms with Gasteiger partial charge in [-0.3, -0.25) is 4.90 Å². The minimum atomic E-state index is -0.205. The molecule has 3 nitrogen and oxygen atoms in total. The molecule has 1 fully saturated rings. The predicted molar refractivity (Wildman–Crippen MR) is 64.1 cm³/mol. The Hall–Kier alpha value is -0.120. The maximum Gasteiger partial charge on any atom is 0.0639 e. The Morgan fingerprint density at radius 2 is 2.33 bits per heavy atom. The summed E-state index contributed by atoms with van der Waals surface area (Å²) in [6.07, 6.45) is 4.86. The molecule has 0 saturated carbocycles. The number of hydrogen-bond donors (Lipinski definition) is 2. The van der Waals surface area contributed by atoms with E-state index in [1.54, 1.807) is 0 Å². The standard InChI is InChI=1S/C12H26N2O/c1-3-4-8-14(9-11(2)15)10-12-6-5-7-13-12/h11-13,15H,3-10H2,1-2H3/t11-,12?/m1/s1. The SMILES string of the molecule is CCCCN(CC1CCCN1)C[C@@H](C)O. The molecule has 0 aliphatic carbocycles. The molecule has 2 N–H and O–H groups in total. The maximum atomic E-state index is 9.43. The lowest BCUT2D eigenvalue weighted by molar-refractivity contribution is 0.120. The van der Waals surface area contributed by atoms with E-state index in [2.05, 4.69) is 17.1 Å². The van der Waals surface area contributed by atoms with Crippen molar-refractivity contribution >= 4 is 0 Å². The van der Waals surface area contributed by atoms with E-state index in [1.165, 1.54) is 32.2 Å². The maximum absolute atomic E-state index is 9.43. The third-order valence-electron chi connectivity index (χ3n) is 2.99. The molecule has 1 rings (SSSR count). The van der Waals surface area contributed by atoms with E-state index in [0.29, 0.717) is 6.04 Å². The molecule has 0 aromatic carbocycles. The van der Waals surface area contributed by atoms with Gasteiger partial charge in [-0.25, -0.2) is 0 Å². The van der Waals surface area contributed by atoms with Crippen LogP contribution in [-0.4, -0.2) is 48.3 Å². The van der Waals surface area contributed by atoms with Crippen molar-refractivity contribution < 1.29 is 5.11 Å². The summed E-state index contributed by atoms with van der Waals surface area (Å²) in [5, 5.41) is 12.9. The first-order valence-corrected chi connectivity index (χ1v) is 6.36. The highest BCUT2D eigenvalue weighted by molar-refractivity contribution is 4.78. The molecule has 2 atom stereocenters. The lowest BCUT2D eigenvalue weighted by Gasteiger charge is -2.26. The average Bonchev–Trinajstić information content (AvgIpc) is 2.66. The molecule has 1 heterocycles. The molecule has 0 radical (unpaired) electrons. The van der Waals surface area contributed by atoms with E-state index >= 15 is 0 Å². The first-order chi connectivity index (χ1) is 7.22. The second kappa shape index (κ2) is 7.20. The summed E-state index contributed by atoms with van der Waals surface area (Å²) in [7, 11) is 0. The second-order valence-corrected chi connectivity index (χ2v) is 4.76. The first-order valence-electron chi connectivity index (χ1n) is 6.36. The van der Waals surface area contributed by atoms with Crippen molar-refractivity contribution in [1.29, 1.82) is 0 Å². The fourth-order valence-corrected chi connectivity index (χ4v) is 2.24. The fraction of sp³-hybridized carbons (Fsp3) is 1.00. The lowest BCUT2D eigenvalue weighted by atomic mass is 10.2. The summed E-state index contributed by atoms with van der Waals surface area (Å²) in [5.41, 5.74) is 0. The van der Waals surface area contributed by atoms with Crippen LogP contribution in [0.3, 0.4) is 0 Å². The van der Waals surface area contributed by atoms with Crippen molar-refractivity contribution in [2.45, 2.75) is 51.7 Å². The van der Waals surface area contributed by atoms with Crippen molar-refractivity contribution in [3.8, 4) is 0 Å². The van der Waals surface area contributed by atoms with Gasteiger partial charge in [0, 0.05) is 19.1 Å². The second-order valence-electron chi connectivity index (χ2n) is 4.76. The Bertz CT molecular complexity index is 156. The third kappa shape index (κ3) is 5.50. The zero-order valence-electron chi connectivity index (χ0n) is 10.2. The number of nitrogens with zero attached hydrogens (tertiary/aromatic N) is 1. The van der Waals surface area contributed by atoms with E-state index in [9.17, 15) is 5.11 Å². The quantitative estimate of drug-likeness (QED) is 0.669. The minimum absolute atomic E-state index is 0.205. The van der Waals surface area contributed by atoms with Gasteiger partial charge in [-0.2, -0.15) is 0 Å². The van der Waals surface area contributed by atoms with Crippen LogP contribution in [0.2, 0.25) is 0 Å². The monoisotopic (exact) mass is 214 g/mol. The summed E-state index contributed by atoms with van der Waals surface area (Å²) < 4.78 is 0. The topological polar surface area (TPSA) is 35.5 Å². The van der Waals surface area contributed by atoms with E-state index in [1.807, 2.05) is 6.92 Å². The molecule has 1 unspecified atom stereocenters. The van der Waals surface area contributed by atoms with E-state index in [4.69, 9.17) is 0 Å². The molecule has 3 heteroatoms. The minimum Gasteiger partial charge on any atom is -0.392 e. The normalized spacial score (nSPS) is 23.6. The van der Waals surface area contributed by atoms with Crippen LogP contribution in [0.1, 0.15) is 39.5 Å². The van der Waals surface area contributed by atoms with Gasteiger partial charge in [0.1, 0.15) is 0 Å². The molecule has 0 aromatic heterocycles. The number of rotatable bonds is 7. The van der Waals surface area contributed by atoms with Gasteiger partial charge in [-0.05, 0) is 39.3 Å². The van der Waals surface area contributed by atoms with Crippen LogP contribution in [-0.2, 0) is 0 Å². The Morgan fingerprint density at radius 1 is 1.53 bits per heavy atom. The van der Waals surface area contributed by atoms with Crippen LogP contribution >= 0.6 is 0 Å². The highest BCUT2D eigenvalue weighted by Gasteiger charge is 2.18. The predicted octanol–water partition coefficient (Wildman–Crippen LogP) is 1.22. The summed E-state index contributed by atoms with van der Waals surface area (Å²) >= 11 is 0. The van der Waals surface area contributed by atoms with E-state index in [-0.39, 0.29) is 6.10 Å². The van der Waals surface area contributed by atoms with Crippen molar-refractivity contribution in [2.75, 3.05) is 26.2 Å². The fourth-order valence-electron chi connectivity index (χ4n) is 2.24. The number of nitrogens with one attached hydrogen (secondary N) is 1. The van der Waals surface area contributed by atoms with Gasteiger partial charge < -0.3 is 10.4 Å². The van der Waals surface area contributed by atoms with Gasteiger partial charge in [0.05, 0.1) is 6.10 Å². The number of aliphatic hydroxyl groups excluding tert-OH is 1. The summed E-state index contributed by atoms with van der Waals surface area (Å²) in [6, 6.07) is 0.653. The summed E-state index contributed by atoms with van der Waals surface area (Å²) in [5.74, 6) is 0. The summed E-state index contributed by atoms with van der Waals surface area (Å²) in [4.78, 5) is 2.40. The Kier molecular flexibility index (Phi) is 6.22. The van der Waals surface area contributed by atoms with Gasteiger partial charge in [-0.1, -0.05) is 13.3 Å². The van der Waals surface area contributed by atoms with Gasteiger partial charge in [0.25, 0.3) is 0 Å². The van der Waals surface area contributed by atoms with E-state index < -0.39 is 0 Å². The average molecular weight is 214 g/mol. The largest absolute Gasteiger partial charge is 0.392 e. The number of aliphatic hydroxyl groups is 1.